The number of rotatable bonds is 6. The lowest BCUT2D eigenvalue weighted by Gasteiger charge is -2.03. The van der Waals surface area contributed by atoms with Gasteiger partial charge < -0.3 is 9.47 Å². The molecule has 21 heavy (non-hydrogen) atoms. The molecular formula is C14H17N3O4. The summed E-state index contributed by atoms with van der Waals surface area (Å²) in [5.41, 5.74) is 0.752. The first-order valence-electron chi connectivity index (χ1n) is 6.51. The summed E-state index contributed by atoms with van der Waals surface area (Å²) in [4.78, 5) is 27.7. The zero-order valence-corrected chi connectivity index (χ0v) is 12.0. The van der Waals surface area contributed by atoms with Gasteiger partial charge in [0.1, 0.15) is 0 Å². The molecule has 0 atom stereocenters. The van der Waals surface area contributed by atoms with Gasteiger partial charge in [-0.05, 0) is 18.6 Å². The average Bonchev–Trinajstić information content (AvgIpc) is 2.86. The molecule has 0 aliphatic rings. The fraction of sp³-hybridized carbons (Fsp3) is 0.357. The number of anilines is 1. The molecule has 7 heteroatoms. The van der Waals surface area contributed by atoms with Crippen LogP contribution in [-0.4, -0.2) is 42.1 Å². The van der Waals surface area contributed by atoms with Crippen LogP contribution in [0.25, 0.3) is 5.52 Å². The number of nitrogens with zero attached hydrogens (tertiary/aromatic N) is 2. The lowest BCUT2D eigenvalue weighted by molar-refractivity contribution is -0.116. The van der Waals surface area contributed by atoms with E-state index in [4.69, 9.17) is 9.47 Å². The van der Waals surface area contributed by atoms with E-state index in [1.165, 1.54) is 7.11 Å². The number of pyridine rings is 1. The van der Waals surface area contributed by atoms with Crippen LogP contribution in [0.5, 0.6) is 0 Å². The van der Waals surface area contributed by atoms with Crippen molar-refractivity contribution in [1.82, 2.24) is 9.38 Å². The zero-order valence-electron chi connectivity index (χ0n) is 12.0. The quantitative estimate of drug-likeness (QED) is 0.644. The molecule has 0 unspecified atom stereocenters. The maximum Gasteiger partial charge on any atom is 0.359 e. The van der Waals surface area contributed by atoms with Crippen LogP contribution >= 0.6 is 0 Å². The molecule has 112 valence electrons. The van der Waals surface area contributed by atoms with Crippen molar-refractivity contribution in [1.29, 1.82) is 0 Å². The van der Waals surface area contributed by atoms with Gasteiger partial charge in [-0.25, -0.2) is 9.78 Å². The van der Waals surface area contributed by atoms with Gasteiger partial charge in [-0.1, -0.05) is 6.07 Å². The Kier molecular flexibility index (Phi) is 4.89. The number of aromatic nitrogens is 2. The maximum absolute atomic E-state index is 11.8. The molecular weight excluding hydrogens is 274 g/mol. The first-order chi connectivity index (χ1) is 10.2. The summed E-state index contributed by atoms with van der Waals surface area (Å²) in [6.07, 6.45) is 2.66. The van der Waals surface area contributed by atoms with Gasteiger partial charge >= 0.3 is 5.97 Å². The van der Waals surface area contributed by atoms with Crippen LogP contribution in [0.2, 0.25) is 0 Å². The van der Waals surface area contributed by atoms with Crippen LogP contribution in [0.4, 0.5) is 5.95 Å². The molecule has 0 radical (unpaired) electrons. The Labute approximate surface area is 121 Å². The maximum atomic E-state index is 11.8. The molecule has 0 aromatic carbocycles. The van der Waals surface area contributed by atoms with Gasteiger partial charge in [-0.3, -0.25) is 14.5 Å². The number of esters is 1. The number of fused-ring (bicyclic) bond motifs is 1. The van der Waals surface area contributed by atoms with Crippen LogP contribution in [0.15, 0.2) is 24.4 Å². The number of ether oxygens (including phenoxy) is 2. The van der Waals surface area contributed by atoms with Crippen LogP contribution in [0, 0.1) is 0 Å². The molecule has 1 N–H and O–H groups in total. The third kappa shape index (κ3) is 3.38. The normalized spacial score (nSPS) is 10.6. The van der Waals surface area contributed by atoms with Crippen LogP contribution in [-0.2, 0) is 14.3 Å². The molecule has 0 aliphatic carbocycles. The average molecular weight is 291 g/mol. The molecule has 0 aliphatic heterocycles. The van der Waals surface area contributed by atoms with Crippen LogP contribution in [0.1, 0.15) is 23.3 Å². The van der Waals surface area contributed by atoms with Crippen LogP contribution in [0.3, 0.4) is 0 Å². The van der Waals surface area contributed by atoms with Crippen molar-refractivity contribution in [3.05, 3.63) is 30.1 Å². The van der Waals surface area contributed by atoms with E-state index < -0.39 is 5.97 Å². The van der Waals surface area contributed by atoms with Gasteiger partial charge in [0.2, 0.25) is 11.9 Å². The summed E-state index contributed by atoms with van der Waals surface area (Å²) in [5.74, 6) is -0.425. The third-order valence-corrected chi connectivity index (χ3v) is 2.93. The van der Waals surface area contributed by atoms with Crippen molar-refractivity contribution < 1.29 is 19.1 Å². The van der Waals surface area contributed by atoms with Gasteiger partial charge in [0, 0.05) is 26.3 Å². The highest BCUT2D eigenvalue weighted by molar-refractivity contribution is 5.97. The number of hydrogen-bond acceptors (Lipinski definition) is 5. The van der Waals surface area contributed by atoms with Gasteiger partial charge in [-0.15, -0.1) is 0 Å². The minimum absolute atomic E-state index is 0.172. The molecule has 2 aromatic heterocycles. The predicted molar refractivity (Wildman–Crippen MR) is 76.3 cm³/mol. The third-order valence-electron chi connectivity index (χ3n) is 2.93. The second-order valence-corrected chi connectivity index (χ2v) is 4.38. The zero-order chi connectivity index (χ0) is 15.2. The Morgan fingerprint density at radius 2 is 2.14 bits per heavy atom. The summed E-state index contributed by atoms with van der Waals surface area (Å²) in [5, 5.41) is 2.69. The first-order valence-corrected chi connectivity index (χ1v) is 6.51. The first kappa shape index (κ1) is 15.0. The van der Waals surface area contributed by atoms with Crippen molar-refractivity contribution in [2.75, 3.05) is 26.1 Å². The number of hydrogen-bond donors (Lipinski definition) is 1. The summed E-state index contributed by atoms with van der Waals surface area (Å²) in [6.45, 7) is 0.517. The van der Waals surface area contributed by atoms with E-state index in [0.29, 0.717) is 30.9 Å². The number of imidazole rings is 1. The van der Waals surface area contributed by atoms with E-state index in [2.05, 4.69) is 10.3 Å². The summed E-state index contributed by atoms with van der Waals surface area (Å²) in [7, 11) is 2.88. The minimum atomic E-state index is -0.543. The summed E-state index contributed by atoms with van der Waals surface area (Å²) in [6, 6.07) is 5.31. The largest absolute Gasteiger partial charge is 0.464 e. The van der Waals surface area contributed by atoms with E-state index in [1.54, 1.807) is 35.9 Å². The molecule has 0 saturated carbocycles. The SMILES string of the molecule is COCCCC(=O)Nc1nc(C(=O)OC)c2ccccn12. The minimum Gasteiger partial charge on any atom is -0.464 e. The fourth-order valence-corrected chi connectivity index (χ4v) is 1.94. The van der Waals surface area contributed by atoms with Crippen molar-refractivity contribution in [3.63, 3.8) is 0 Å². The Morgan fingerprint density at radius 1 is 1.33 bits per heavy atom. The second-order valence-electron chi connectivity index (χ2n) is 4.38. The molecule has 0 spiro atoms. The van der Waals surface area contributed by atoms with E-state index >= 15 is 0 Å². The molecule has 7 nitrogen and oxygen atoms in total. The molecule has 0 saturated heterocycles. The number of methoxy groups -OCH3 is 2. The highest BCUT2D eigenvalue weighted by atomic mass is 16.5. The standard InChI is InChI=1S/C14H17N3O4/c1-20-9-5-7-11(18)15-14-16-12(13(19)21-2)10-6-3-4-8-17(10)14/h3-4,6,8H,5,7,9H2,1-2H3,(H,15,16,18). The van der Waals surface area contributed by atoms with Gasteiger partial charge in [0.15, 0.2) is 5.69 Å². The second kappa shape index (κ2) is 6.85. The van der Waals surface area contributed by atoms with Crippen molar-refractivity contribution in [3.8, 4) is 0 Å². The van der Waals surface area contributed by atoms with Crippen molar-refractivity contribution >= 4 is 23.3 Å². The topological polar surface area (TPSA) is 81.9 Å². The Morgan fingerprint density at radius 3 is 2.86 bits per heavy atom. The monoisotopic (exact) mass is 291 g/mol. The lowest BCUT2D eigenvalue weighted by atomic mass is 10.3. The van der Waals surface area contributed by atoms with E-state index in [0.717, 1.165) is 0 Å². The summed E-state index contributed by atoms with van der Waals surface area (Å²) >= 11 is 0. The van der Waals surface area contributed by atoms with Crippen molar-refractivity contribution in [2.24, 2.45) is 0 Å². The van der Waals surface area contributed by atoms with E-state index in [1.807, 2.05) is 0 Å². The highest BCUT2D eigenvalue weighted by Crippen LogP contribution is 2.17. The number of carbonyl (C=O) groups is 2. The van der Waals surface area contributed by atoms with E-state index in [9.17, 15) is 9.59 Å². The van der Waals surface area contributed by atoms with Gasteiger partial charge in [-0.2, -0.15) is 0 Å². The number of nitrogens with one attached hydrogen (secondary N) is 1. The van der Waals surface area contributed by atoms with Gasteiger partial charge in [0.05, 0.1) is 12.6 Å². The number of amides is 1. The Hall–Kier alpha value is -2.41. The lowest BCUT2D eigenvalue weighted by Crippen LogP contribution is -2.14. The molecule has 2 heterocycles. The predicted octanol–water partition coefficient (Wildman–Crippen LogP) is 1.49. The molecule has 2 rings (SSSR count). The smallest absolute Gasteiger partial charge is 0.359 e. The fourth-order valence-electron chi connectivity index (χ4n) is 1.94. The molecule has 0 bridgehead atoms. The molecule has 2 aromatic rings. The van der Waals surface area contributed by atoms with Gasteiger partial charge in [0.25, 0.3) is 0 Å². The Balaban J connectivity index is 2.24. The highest BCUT2D eigenvalue weighted by Gasteiger charge is 2.18. The van der Waals surface area contributed by atoms with E-state index in [-0.39, 0.29) is 11.6 Å². The molecule has 0 fully saturated rings. The van der Waals surface area contributed by atoms with Crippen LogP contribution < -0.4 is 5.32 Å². The Bertz CT molecular complexity index is 651. The number of carbonyl (C=O) groups excluding carboxylic acids is 2. The summed E-state index contributed by atoms with van der Waals surface area (Å²) < 4.78 is 11.2. The van der Waals surface area contributed by atoms with Crippen molar-refractivity contribution in [2.45, 2.75) is 12.8 Å². The molecule has 1 amide bonds.